The summed E-state index contributed by atoms with van der Waals surface area (Å²) in [6, 6.07) is 0. The summed E-state index contributed by atoms with van der Waals surface area (Å²) < 4.78 is 50.7. The molecule has 0 bridgehead atoms. The van der Waals surface area contributed by atoms with E-state index in [0.717, 1.165) is 6.26 Å². The fourth-order valence-electron chi connectivity index (χ4n) is 2.44. The van der Waals surface area contributed by atoms with Crippen molar-refractivity contribution in [2.75, 3.05) is 24.2 Å². The Morgan fingerprint density at radius 3 is 2.55 bits per heavy atom. The van der Waals surface area contributed by atoms with Gasteiger partial charge in [-0.1, -0.05) is 0 Å². The summed E-state index contributed by atoms with van der Waals surface area (Å²) in [6.45, 7) is 0.524. The first-order valence-corrected chi connectivity index (χ1v) is 8.00. The molecule has 1 aliphatic carbocycles. The molecule has 1 saturated heterocycles. The van der Waals surface area contributed by atoms with Crippen LogP contribution >= 0.6 is 0 Å². The fourth-order valence-corrected chi connectivity index (χ4v) is 2.95. The van der Waals surface area contributed by atoms with Gasteiger partial charge in [0.25, 0.3) is 5.92 Å². The summed E-state index contributed by atoms with van der Waals surface area (Å²) in [6.07, 6.45) is 0.0579. The van der Waals surface area contributed by atoms with Gasteiger partial charge in [-0.3, -0.25) is 0 Å². The number of alkyl halides is 2. The molecular weight excluding hydrogens is 292 g/mol. The number of halogens is 2. The number of β-amino-alcohol motifs (C(OH)–C–C–N with tert-alkyl or cyclic N) is 1. The topological polar surface area (TPSA) is 83.4 Å². The number of hydrogen-bond acceptors (Lipinski definition) is 6. The van der Waals surface area contributed by atoms with Crippen LogP contribution in [0.3, 0.4) is 0 Å². The maximum Gasteiger partial charge on any atom is 0.290 e. The molecule has 20 heavy (non-hydrogen) atoms. The Balaban J connectivity index is 2.17. The monoisotopic (exact) mass is 305 g/mol. The van der Waals surface area contributed by atoms with Crippen molar-refractivity contribution >= 4 is 15.7 Å². The number of hydrogen-bond donors (Lipinski definition) is 1. The second kappa shape index (κ2) is 4.08. The Morgan fingerprint density at radius 1 is 1.35 bits per heavy atom. The Kier molecular flexibility index (Phi) is 2.78. The van der Waals surface area contributed by atoms with Crippen molar-refractivity contribution in [3.63, 3.8) is 0 Å². The molecule has 6 nitrogen and oxygen atoms in total. The van der Waals surface area contributed by atoms with E-state index in [-0.39, 0.29) is 30.9 Å². The normalized spacial score (nSPS) is 21.7. The minimum absolute atomic E-state index is 0.105. The van der Waals surface area contributed by atoms with Crippen LogP contribution in [0.5, 0.6) is 0 Å². The second-order valence-electron chi connectivity index (χ2n) is 5.19. The maximum absolute atomic E-state index is 13.8. The van der Waals surface area contributed by atoms with Gasteiger partial charge in [-0.2, -0.15) is 8.78 Å². The number of anilines is 1. The fraction of sp³-hybridized carbons (Fsp3) is 0.636. The van der Waals surface area contributed by atoms with E-state index < -0.39 is 39.1 Å². The van der Waals surface area contributed by atoms with Gasteiger partial charge < -0.3 is 10.0 Å². The highest BCUT2D eigenvalue weighted by Crippen LogP contribution is 2.44. The van der Waals surface area contributed by atoms with Crippen LogP contribution in [0, 0.1) is 0 Å². The number of aliphatic hydroxyl groups excluding tert-OH is 1. The first-order valence-electron chi connectivity index (χ1n) is 6.11. The van der Waals surface area contributed by atoms with Gasteiger partial charge in [-0.15, -0.1) is 0 Å². The number of rotatable bonds is 2. The van der Waals surface area contributed by atoms with Gasteiger partial charge in [0.15, 0.2) is 0 Å². The number of aliphatic hydroxyl groups is 1. The van der Waals surface area contributed by atoms with Crippen LogP contribution in [0.15, 0.2) is 5.16 Å². The van der Waals surface area contributed by atoms with E-state index in [1.165, 1.54) is 0 Å². The van der Waals surface area contributed by atoms with Crippen LogP contribution in [-0.2, 0) is 22.2 Å². The average molecular weight is 305 g/mol. The van der Waals surface area contributed by atoms with E-state index in [1.807, 2.05) is 0 Å². The zero-order valence-corrected chi connectivity index (χ0v) is 11.5. The third kappa shape index (κ3) is 2.05. The molecule has 0 atom stereocenters. The van der Waals surface area contributed by atoms with E-state index >= 15 is 0 Å². The van der Waals surface area contributed by atoms with Crippen molar-refractivity contribution in [2.45, 2.75) is 30.0 Å². The van der Waals surface area contributed by atoms with Crippen LogP contribution in [0.25, 0.3) is 0 Å². The molecule has 0 saturated carbocycles. The summed E-state index contributed by atoms with van der Waals surface area (Å²) in [5, 5.41) is 8.72. The minimum Gasteiger partial charge on any atom is -0.389 e. The Morgan fingerprint density at radius 2 is 2.00 bits per heavy atom. The van der Waals surface area contributed by atoms with Crippen LogP contribution in [0.2, 0.25) is 0 Å². The third-order valence-corrected chi connectivity index (χ3v) is 4.34. The molecule has 9 heteroatoms. The molecule has 2 heterocycles. The van der Waals surface area contributed by atoms with Gasteiger partial charge in [0.05, 0.1) is 6.10 Å². The lowest BCUT2D eigenvalue weighted by molar-refractivity contribution is -0.00653. The molecule has 1 N–H and O–H groups in total. The van der Waals surface area contributed by atoms with Gasteiger partial charge in [-0.05, 0) is 6.42 Å². The molecule has 0 amide bonds. The van der Waals surface area contributed by atoms with Gasteiger partial charge in [0.1, 0.15) is 11.5 Å². The predicted molar refractivity (Wildman–Crippen MR) is 65.6 cm³/mol. The van der Waals surface area contributed by atoms with Crippen molar-refractivity contribution in [1.82, 2.24) is 9.97 Å². The van der Waals surface area contributed by atoms with E-state index in [9.17, 15) is 22.3 Å². The smallest absolute Gasteiger partial charge is 0.290 e. The lowest BCUT2D eigenvalue weighted by Gasteiger charge is -2.37. The molecule has 0 unspecified atom stereocenters. The number of aromatic nitrogens is 2. The summed E-state index contributed by atoms with van der Waals surface area (Å²) >= 11 is 0. The molecule has 0 radical (unpaired) electrons. The molecule has 3 rings (SSSR count). The molecule has 110 valence electrons. The van der Waals surface area contributed by atoms with E-state index in [2.05, 4.69) is 9.97 Å². The molecule has 1 aromatic rings. The Bertz CT molecular complexity index is 672. The van der Waals surface area contributed by atoms with Crippen LogP contribution in [-0.4, -0.2) is 48.9 Å². The van der Waals surface area contributed by atoms with Crippen molar-refractivity contribution in [3.05, 3.63) is 11.3 Å². The summed E-state index contributed by atoms with van der Waals surface area (Å²) in [7, 11) is -3.77. The van der Waals surface area contributed by atoms with Crippen molar-refractivity contribution in [1.29, 1.82) is 0 Å². The summed E-state index contributed by atoms with van der Waals surface area (Å²) in [5.74, 6) is -2.92. The summed E-state index contributed by atoms with van der Waals surface area (Å²) in [5.41, 5.74) is -0.210. The first kappa shape index (κ1) is 13.6. The zero-order valence-electron chi connectivity index (χ0n) is 10.7. The lowest BCUT2D eigenvalue weighted by atomic mass is 10.1. The van der Waals surface area contributed by atoms with Gasteiger partial charge >= 0.3 is 0 Å². The lowest BCUT2D eigenvalue weighted by Crippen LogP contribution is -2.51. The third-order valence-electron chi connectivity index (χ3n) is 3.49. The SMILES string of the molecule is CS(=O)(=O)c1nc(N2CC(O)C2)c2c(n1)C(F)(F)CC2. The maximum atomic E-state index is 13.8. The van der Waals surface area contributed by atoms with Crippen LogP contribution < -0.4 is 4.90 Å². The molecule has 2 aliphatic rings. The Labute approximate surface area is 114 Å². The predicted octanol–water partition coefficient (Wildman–Crippen LogP) is 0.0990. The van der Waals surface area contributed by atoms with Gasteiger partial charge in [0.2, 0.25) is 15.0 Å². The van der Waals surface area contributed by atoms with Crippen LogP contribution in [0.4, 0.5) is 14.6 Å². The molecule has 0 aromatic carbocycles. The van der Waals surface area contributed by atoms with Crippen molar-refractivity contribution < 1.29 is 22.3 Å². The second-order valence-corrected chi connectivity index (χ2v) is 7.10. The van der Waals surface area contributed by atoms with E-state index in [1.54, 1.807) is 4.90 Å². The highest BCUT2D eigenvalue weighted by Gasteiger charge is 2.45. The van der Waals surface area contributed by atoms with Gasteiger partial charge in [-0.25, -0.2) is 18.4 Å². The van der Waals surface area contributed by atoms with Crippen molar-refractivity contribution in [2.24, 2.45) is 0 Å². The summed E-state index contributed by atoms with van der Waals surface area (Å²) in [4.78, 5) is 9.08. The standard InChI is InChI=1S/C11H13F2N3O3S/c1-20(18,19)10-14-8-7(2-3-11(8,12)13)9(15-10)16-4-6(17)5-16/h6,17H,2-5H2,1H3. The number of nitrogens with zero attached hydrogens (tertiary/aromatic N) is 3. The zero-order chi connectivity index (χ0) is 14.7. The minimum atomic E-state index is -3.77. The highest BCUT2D eigenvalue weighted by molar-refractivity contribution is 7.90. The number of fused-ring (bicyclic) bond motifs is 1. The molecular formula is C11H13F2N3O3S. The van der Waals surface area contributed by atoms with Gasteiger partial charge in [0, 0.05) is 31.3 Å². The average Bonchev–Trinajstić information content (AvgIpc) is 2.60. The van der Waals surface area contributed by atoms with Crippen LogP contribution in [0.1, 0.15) is 17.7 Å². The molecule has 1 fully saturated rings. The Hall–Kier alpha value is -1.35. The van der Waals surface area contributed by atoms with E-state index in [4.69, 9.17) is 0 Å². The molecule has 1 aliphatic heterocycles. The van der Waals surface area contributed by atoms with E-state index in [0.29, 0.717) is 0 Å². The van der Waals surface area contributed by atoms with Crippen molar-refractivity contribution in [3.8, 4) is 0 Å². The first-order chi connectivity index (χ1) is 9.18. The largest absolute Gasteiger partial charge is 0.389 e. The quantitative estimate of drug-likeness (QED) is 0.780. The molecule has 1 aromatic heterocycles. The highest BCUT2D eigenvalue weighted by atomic mass is 32.2. The molecule has 0 spiro atoms. The number of sulfone groups is 1.